The Morgan fingerprint density at radius 3 is 2.50 bits per heavy atom. The van der Waals surface area contributed by atoms with Crippen LogP contribution in [0.1, 0.15) is 67.2 Å². The second-order valence-corrected chi connectivity index (χ2v) is 8.88. The van der Waals surface area contributed by atoms with Gasteiger partial charge in [0.15, 0.2) is 0 Å². The topological polar surface area (TPSA) is 110 Å². The van der Waals surface area contributed by atoms with Gasteiger partial charge in [-0.05, 0) is 75.1 Å². The molecule has 1 atom stereocenters. The molecular formula is C25H32N4O3. The summed E-state index contributed by atoms with van der Waals surface area (Å²) in [5, 5.41) is 3.17. The van der Waals surface area contributed by atoms with Crippen LogP contribution in [0.2, 0.25) is 0 Å². The molecule has 1 aromatic carbocycles. The van der Waals surface area contributed by atoms with Crippen LogP contribution in [0.15, 0.2) is 36.4 Å². The molecule has 2 amide bonds. The standard InChI is InChI=1S/C25H32N4O3/c1-32-20-13-11-17(12-14-20)21-22(23(26)30)29-24(28-21)18-9-7-16(8-10-18)15-27-25(31)19-5-3-2-4-6-19/h2-3,11-14,16,18-19H,4-10,15H2,1H3,(H2,26,30)(H,27,31)(H,28,29)/t16?,18?,19-/m0/s1. The Bertz CT molecular complexity index is 972. The van der Waals surface area contributed by atoms with Crippen molar-refractivity contribution >= 4 is 11.8 Å². The fourth-order valence-electron chi connectivity index (χ4n) is 4.78. The lowest BCUT2D eigenvalue weighted by Gasteiger charge is -2.28. The third kappa shape index (κ3) is 5.03. The largest absolute Gasteiger partial charge is 0.497 e. The molecule has 4 N–H and O–H groups in total. The Balaban J connectivity index is 1.36. The van der Waals surface area contributed by atoms with Gasteiger partial charge in [0, 0.05) is 23.9 Å². The number of rotatable bonds is 7. The van der Waals surface area contributed by atoms with Crippen LogP contribution in [0.5, 0.6) is 5.75 Å². The molecule has 1 saturated carbocycles. The second-order valence-electron chi connectivity index (χ2n) is 8.88. The summed E-state index contributed by atoms with van der Waals surface area (Å²) in [5.74, 6) is 2.12. The van der Waals surface area contributed by atoms with Crippen molar-refractivity contribution in [1.82, 2.24) is 15.3 Å². The van der Waals surface area contributed by atoms with Gasteiger partial charge in [-0.2, -0.15) is 0 Å². The molecule has 2 aliphatic rings. The maximum atomic E-state index is 12.4. The molecule has 2 aliphatic carbocycles. The highest BCUT2D eigenvalue weighted by Crippen LogP contribution is 2.36. The molecule has 32 heavy (non-hydrogen) atoms. The molecule has 0 saturated heterocycles. The van der Waals surface area contributed by atoms with Crippen LogP contribution in [-0.4, -0.2) is 35.4 Å². The maximum absolute atomic E-state index is 12.4. The first-order valence-corrected chi connectivity index (χ1v) is 11.5. The van der Waals surface area contributed by atoms with Crippen LogP contribution in [0.25, 0.3) is 11.3 Å². The summed E-state index contributed by atoms with van der Waals surface area (Å²) in [6.45, 7) is 0.744. The van der Waals surface area contributed by atoms with E-state index >= 15 is 0 Å². The number of nitrogens with zero attached hydrogens (tertiary/aromatic N) is 1. The smallest absolute Gasteiger partial charge is 0.267 e. The van der Waals surface area contributed by atoms with Gasteiger partial charge in [0.2, 0.25) is 5.91 Å². The van der Waals surface area contributed by atoms with E-state index in [-0.39, 0.29) is 17.7 Å². The predicted octanol–water partition coefficient (Wildman–Crippen LogP) is 3.93. The van der Waals surface area contributed by atoms with E-state index in [0.717, 1.165) is 68.6 Å². The fraction of sp³-hybridized carbons (Fsp3) is 0.480. The number of ether oxygens (including phenoxy) is 1. The Morgan fingerprint density at radius 1 is 1.12 bits per heavy atom. The van der Waals surface area contributed by atoms with Gasteiger partial charge in [0.25, 0.3) is 5.91 Å². The molecule has 0 aliphatic heterocycles. The number of allylic oxidation sites excluding steroid dienone is 2. The quantitative estimate of drug-likeness (QED) is 0.571. The van der Waals surface area contributed by atoms with Gasteiger partial charge in [-0.15, -0.1) is 0 Å². The van der Waals surface area contributed by atoms with Crippen molar-refractivity contribution in [1.29, 1.82) is 0 Å². The minimum Gasteiger partial charge on any atom is -0.497 e. The summed E-state index contributed by atoms with van der Waals surface area (Å²) < 4.78 is 5.21. The third-order valence-corrected chi connectivity index (χ3v) is 6.77. The average Bonchev–Trinajstić information content (AvgIpc) is 3.29. The van der Waals surface area contributed by atoms with Crippen molar-refractivity contribution in [2.75, 3.05) is 13.7 Å². The zero-order valence-electron chi connectivity index (χ0n) is 18.6. The number of aromatic nitrogens is 2. The number of amides is 2. The van der Waals surface area contributed by atoms with Gasteiger partial charge in [-0.25, -0.2) is 4.98 Å². The number of hydrogen-bond donors (Lipinski definition) is 3. The van der Waals surface area contributed by atoms with Crippen LogP contribution in [0.4, 0.5) is 0 Å². The number of methoxy groups -OCH3 is 1. The highest BCUT2D eigenvalue weighted by molar-refractivity contribution is 5.97. The molecule has 1 heterocycles. The first-order chi connectivity index (χ1) is 15.5. The van der Waals surface area contributed by atoms with E-state index in [1.165, 1.54) is 0 Å². The van der Waals surface area contributed by atoms with Gasteiger partial charge < -0.3 is 20.8 Å². The number of benzene rings is 1. The summed E-state index contributed by atoms with van der Waals surface area (Å²) in [5.41, 5.74) is 7.39. The highest BCUT2D eigenvalue weighted by atomic mass is 16.5. The van der Waals surface area contributed by atoms with E-state index in [0.29, 0.717) is 17.3 Å². The molecule has 4 rings (SSSR count). The number of H-pyrrole nitrogens is 1. The summed E-state index contributed by atoms with van der Waals surface area (Å²) in [6, 6.07) is 7.45. The van der Waals surface area contributed by atoms with Crippen molar-refractivity contribution in [3.63, 3.8) is 0 Å². The zero-order valence-corrected chi connectivity index (χ0v) is 18.6. The minimum atomic E-state index is -0.511. The molecule has 1 fully saturated rings. The predicted molar refractivity (Wildman–Crippen MR) is 123 cm³/mol. The lowest BCUT2D eigenvalue weighted by molar-refractivity contribution is -0.125. The molecule has 0 unspecified atom stereocenters. The van der Waals surface area contributed by atoms with Crippen LogP contribution in [0, 0.1) is 11.8 Å². The number of imidazole rings is 1. The SMILES string of the molecule is COc1ccc(-c2nc(C3CCC(CNC(=O)[C@H]4CC=CCC4)CC3)[nH]c2C(N)=O)cc1. The van der Waals surface area contributed by atoms with Crippen molar-refractivity contribution in [2.24, 2.45) is 17.6 Å². The first kappa shape index (κ1) is 22.1. The van der Waals surface area contributed by atoms with Gasteiger partial charge in [0.1, 0.15) is 23.0 Å². The normalized spacial score (nSPS) is 23.0. The van der Waals surface area contributed by atoms with Gasteiger partial charge in [-0.1, -0.05) is 12.2 Å². The minimum absolute atomic E-state index is 0.128. The number of nitrogens with one attached hydrogen (secondary N) is 2. The van der Waals surface area contributed by atoms with Crippen LogP contribution in [-0.2, 0) is 4.79 Å². The molecule has 7 heteroatoms. The van der Waals surface area contributed by atoms with Crippen LogP contribution >= 0.6 is 0 Å². The van der Waals surface area contributed by atoms with Crippen molar-refractivity contribution in [2.45, 2.75) is 50.9 Å². The van der Waals surface area contributed by atoms with Crippen LogP contribution < -0.4 is 15.8 Å². The molecule has 7 nitrogen and oxygen atoms in total. The Hall–Kier alpha value is -3.09. The summed E-state index contributed by atoms with van der Waals surface area (Å²) in [6.07, 6.45) is 11.1. The van der Waals surface area contributed by atoms with Gasteiger partial charge >= 0.3 is 0 Å². The molecule has 2 aromatic rings. The molecule has 0 radical (unpaired) electrons. The van der Waals surface area contributed by atoms with E-state index in [2.05, 4.69) is 22.5 Å². The maximum Gasteiger partial charge on any atom is 0.267 e. The first-order valence-electron chi connectivity index (χ1n) is 11.5. The molecular weight excluding hydrogens is 404 g/mol. The van der Waals surface area contributed by atoms with Crippen molar-refractivity contribution < 1.29 is 14.3 Å². The van der Waals surface area contributed by atoms with E-state index < -0.39 is 5.91 Å². The molecule has 1 aromatic heterocycles. The molecule has 170 valence electrons. The summed E-state index contributed by atoms with van der Waals surface area (Å²) in [7, 11) is 1.62. The molecule has 0 spiro atoms. The van der Waals surface area contributed by atoms with Crippen molar-refractivity contribution in [3.8, 4) is 17.0 Å². The Kier molecular flexibility index (Phi) is 6.93. The van der Waals surface area contributed by atoms with E-state index in [1.807, 2.05) is 24.3 Å². The Morgan fingerprint density at radius 2 is 1.88 bits per heavy atom. The lowest BCUT2D eigenvalue weighted by atomic mass is 9.81. The Labute approximate surface area is 188 Å². The third-order valence-electron chi connectivity index (χ3n) is 6.77. The lowest BCUT2D eigenvalue weighted by Crippen LogP contribution is -2.35. The number of primary amides is 1. The number of aromatic amines is 1. The fourth-order valence-corrected chi connectivity index (χ4v) is 4.78. The number of carbonyl (C=O) groups excluding carboxylic acids is 2. The molecule has 0 bridgehead atoms. The number of carbonyl (C=O) groups is 2. The number of nitrogens with two attached hydrogens (primary N) is 1. The van der Waals surface area contributed by atoms with Gasteiger partial charge in [-0.3, -0.25) is 9.59 Å². The summed E-state index contributed by atoms with van der Waals surface area (Å²) in [4.78, 5) is 32.4. The average molecular weight is 437 g/mol. The van der Waals surface area contributed by atoms with Crippen LogP contribution in [0.3, 0.4) is 0 Å². The monoisotopic (exact) mass is 436 g/mol. The second kappa shape index (κ2) is 10.0. The number of hydrogen-bond acceptors (Lipinski definition) is 4. The highest BCUT2D eigenvalue weighted by Gasteiger charge is 2.28. The van der Waals surface area contributed by atoms with E-state index in [9.17, 15) is 9.59 Å². The van der Waals surface area contributed by atoms with Gasteiger partial charge in [0.05, 0.1) is 7.11 Å². The zero-order chi connectivity index (χ0) is 22.5. The van der Waals surface area contributed by atoms with E-state index in [1.54, 1.807) is 7.11 Å². The summed E-state index contributed by atoms with van der Waals surface area (Å²) >= 11 is 0. The van der Waals surface area contributed by atoms with Crippen molar-refractivity contribution in [3.05, 3.63) is 47.9 Å². The van der Waals surface area contributed by atoms with E-state index in [4.69, 9.17) is 15.5 Å².